The normalized spacial score (nSPS) is 10.4. The molecule has 17 heavy (non-hydrogen) atoms. The molecule has 0 radical (unpaired) electrons. The molecule has 0 saturated heterocycles. The highest BCUT2D eigenvalue weighted by molar-refractivity contribution is 9.10. The van der Waals surface area contributed by atoms with E-state index < -0.39 is 0 Å². The first-order valence-corrected chi connectivity index (χ1v) is 6.63. The van der Waals surface area contributed by atoms with Crippen LogP contribution in [0.2, 0.25) is 0 Å². The van der Waals surface area contributed by atoms with Gasteiger partial charge < -0.3 is 10.6 Å². The number of rotatable bonds is 6. The van der Waals surface area contributed by atoms with Gasteiger partial charge in [-0.3, -0.25) is 4.79 Å². The minimum atomic E-state index is 0.100. The SMILES string of the molecule is CC(C)CNC(=O)CCNc1ccc(Br)cc1. The van der Waals surface area contributed by atoms with E-state index in [9.17, 15) is 4.79 Å². The van der Waals surface area contributed by atoms with E-state index in [-0.39, 0.29) is 5.91 Å². The third-order valence-electron chi connectivity index (χ3n) is 2.23. The van der Waals surface area contributed by atoms with Crippen molar-refractivity contribution in [3.05, 3.63) is 28.7 Å². The fourth-order valence-corrected chi connectivity index (χ4v) is 1.56. The van der Waals surface area contributed by atoms with E-state index in [2.05, 4.69) is 40.4 Å². The Balaban J connectivity index is 2.19. The Labute approximate surface area is 111 Å². The fourth-order valence-electron chi connectivity index (χ4n) is 1.29. The van der Waals surface area contributed by atoms with Gasteiger partial charge in [0.15, 0.2) is 0 Å². The summed E-state index contributed by atoms with van der Waals surface area (Å²) in [4.78, 5) is 11.4. The number of amides is 1. The molecule has 1 rings (SSSR count). The molecule has 0 saturated carbocycles. The standard InChI is InChI=1S/C13H19BrN2O/c1-10(2)9-16-13(17)7-8-15-12-5-3-11(14)4-6-12/h3-6,10,15H,7-9H2,1-2H3,(H,16,17). The van der Waals surface area contributed by atoms with Crippen LogP contribution in [0, 0.1) is 5.92 Å². The second-order valence-electron chi connectivity index (χ2n) is 4.38. The quantitative estimate of drug-likeness (QED) is 0.848. The lowest BCUT2D eigenvalue weighted by atomic mass is 10.2. The van der Waals surface area contributed by atoms with Gasteiger partial charge in [-0.2, -0.15) is 0 Å². The molecular formula is C13H19BrN2O. The number of carbonyl (C=O) groups is 1. The second kappa shape index (κ2) is 7.33. The van der Waals surface area contributed by atoms with Crippen molar-refractivity contribution in [3.8, 4) is 0 Å². The Hall–Kier alpha value is -1.03. The van der Waals surface area contributed by atoms with Crippen LogP contribution in [0.1, 0.15) is 20.3 Å². The molecule has 0 spiro atoms. The summed E-state index contributed by atoms with van der Waals surface area (Å²) in [7, 11) is 0. The van der Waals surface area contributed by atoms with Crippen molar-refractivity contribution in [1.29, 1.82) is 0 Å². The topological polar surface area (TPSA) is 41.1 Å². The van der Waals surface area contributed by atoms with Gasteiger partial charge in [-0.1, -0.05) is 29.8 Å². The average molecular weight is 299 g/mol. The summed E-state index contributed by atoms with van der Waals surface area (Å²) in [6.45, 7) is 5.57. The van der Waals surface area contributed by atoms with Gasteiger partial charge in [0, 0.05) is 29.7 Å². The summed E-state index contributed by atoms with van der Waals surface area (Å²) in [5.74, 6) is 0.599. The average Bonchev–Trinajstić information content (AvgIpc) is 2.29. The number of carbonyl (C=O) groups excluding carboxylic acids is 1. The number of benzene rings is 1. The van der Waals surface area contributed by atoms with Crippen LogP contribution >= 0.6 is 15.9 Å². The van der Waals surface area contributed by atoms with E-state index in [1.54, 1.807) is 0 Å². The largest absolute Gasteiger partial charge is 0.385 e. The summed E-state index contributed by atoms with van der Waals surface area (Å²) in [5.41, 5.74) is 1.03. The Bertz CT molecular complexity index is 349. The van der Waals surface area contributed by atoms with Crippen molar-refractivity contribution in [2.75, 3.05) is 18.4 Å². The molecule has 1 amide bonds. The lowest BCUT2D eigenvalue weighted by Gasteiger charge is -2.09. The lowest BCUT2D eigenvalue weighted by molar-refractivity contribution is -0.120. The van der Waals surface area contributed by atoms with Gasteiger partial charge in [0.05, 0.1) is 0 Å². The molecule has 3 nitrogen and oxygen atoms in total. The van der Waals surface area contributed by atoms with Crippen molar-refractivity contribution >= 4 is 27.5 Å². The van der Waals surface area contributed by atoms with E-state index in [1.165, 1.54) is 0 Å². The zero-order valence-electron chi connectivity index (χ0n) is 10.3. The van der Waals surface area contributed by atoms with E-state index in [4.69, 9.17) is 0 Å². The fraction of sp³-hybridized carbons (Fsp3) is 0.462. The number of nitrogens with one attached hydrogen (secondary N) is 2. The summed E-state index contributed by atoms with van der Waals surface area (Å²) in [6.07, 6.45) is 0.503. The molecule has 0 bridgehead atoms. The molecule has 0 aliphatic carbocycles. The molecule has 4 heteroatoms. The lowest BCUT2D eigenvalue weighted by Crippen LogP contribution is -2.28. The summed E-state index contributed by atoms with van der Waals surface area (Å²) < 4.78 is 1.05. The molecule has 94 valence electrons. The van der Waals surface area contributed by atoms with Crippen LogP contribution in [0.3, 0.4) is 0 Å². The third-order valence-corrected chi connectivity index (χ3v) is 2.76. The highest BCUT2D eigenvalue weighted by atomic mass is 79.9. The second-order valence-corrected chi connectivity index (χ2v) is 5.30. The molecule has 1 aromatic carbocycles. The molecule has 0 fully saturated rings. The van der Waals surface area contributed by atoms with Crippen LogP contribution in [0.5, 0.6) is 0 Å². The Morgan fingerprint density at radius 3 is 2.53 bits per heavy atom. The van der Waals surface area contributed by atoms with E-state index in [0.717, 1.165) is 16.7 Å². The molecule has 0 atom stereocenters. The van der Waals surface area contributed by atoms with E-state index in [1.807, 2.05) is 24.3 Å². The van der Waals surface area contributed by atoms with Gasteiger partial charge >= 0.3 is 0 Å². The summed E-state index contributed by atoms with van der Waals surface area (Å²) in [6, 6.07) is 7.91. The number of hydrogen-bond donors (Lipinski definition) is 2. The third kappa shape index (κ3) is 6.31. The molecule has 0 unspecified atom stereocenters. The van der Waals surface area contributed by atoms with Crippen molar-refractivity contribution in [3.63, 3.8) is 0 Å². The summed E-state index contributed by atoms with van der Waals surface area (Å²) >= 11 is 3.38. The van der Waals surface area contributed by atoms with Gasteiger partial charge in [0.2, 0.25) is 5.91 Å². The first-order valence-electron chi connectivity index (χ1n) is 5.84. The van der Waals surface area contributed by atoms with Gasteiger partial charge in [-0.05, 0) is 30.2 Å². The van der Waals surface area contributed by atoms with Crippen LogP contribution in [-0.4, -0.2) is 19.0 Å². The van der Waals surface area contributed by atoms with Crippen LogP contribution in [0.4, 0.5) is 5.69 Å². The molecule has 1 aromatic rings. The maximum atomic E-state index is 11.4. The Kier molecular flexibility index (Phi) is 6.05. The summed E-state index contributed by atoms with van der Waals surface area (Å²) in [5, 5.41) is 6.10. The predicted molar refractivity (Wildman–Crippen MR) is 75.1 cm³/mol. The van der Waals surface area contributed by atoms with E-state index >= 15 is 0 Å². The van der Waals surface area contributed by atoms with Crippen LogP contribution in [-0.2, 0) is 4.79 Å². The van der Waals surface area contributed by atoms with Crippen LogP contribution in [0.15, 0.2) is 28.7 Å². The molecule has 2 N–H and O–H groups in total. The minimum absolute atomic E-state index is 0.100. The molecule has 0 aliphatic heterocycles. The molecule has 0 aromatic heterocycles. The maximum Gasteiger partial charge on any atom is 0.221 e. The van der Waals surface area contributed by atoms with Gasteiger partial charge in [-0.15, -0.1) is 0 Å². The van der Waals surface area contributed by atoms with Gasteiger partial charge in [0.25, 0.3) is 0 Å². The van der Waals surface area contributed by atoms with Gasteiger partial charge in [-0.25, -0.2) is 0 Å². The van der Waals surface area contributed by atoms with Crippen LogP contribution in [0.25, 0.3) is 0 Å². The number of hydrogen-bond acceptors (Lipinski definition) is 2. The predicted octanol–water partition coefficient (Wildman–Crippen LogP) is 3.02. The molecule has 0 aliphatic rings. The highest BCUT2D eigenvalue weighted by Gasteiger charge is 2.01. The number of halogens is 1. The Morgan fingerprint density at radius 2 is 1.94 bits per heavy atom. The first-order chi connectivity index (χ1) is 8.08. The van der Waals surface area contributed by atoms with E-state index in [0.29, 0.717) is 18.9 Å². The van der Waals surface area contributed by atoms with Crippen molar-refractivity contribution in [1.82, 2.24) is 5.32 Å². The van der Waals surface area contributed by atoms with Gasteiger partial charge in [0.1, 0.15) is 0 Å². The van der Waals surface area contributed by atoms with Crippen molar-refractivity contribution in [2.24, 2.45) is 5.92 Å². The number of anilines is 1. The first kappa shape index (κ1) is 14.0. The molecule has 0 heterocycles. The van der Waals surface area contributed by atoms with Crippen LogP contribution < -0.4 is 10.6 Å². The van der Waals surface area contributed by atoms with Crippen molar-refractivity contribution in [2.45, 2.75) is 20.3 Å². The minimum Gasteiger partial charge on any atom is -0.385 e. The maximum absolute atomic E-state index is 11.4. The monoisotopic (exact) mass is 298 g/mol. The highest BCUT2D eigenvalue weighted by Crippen LogP contribution is 2.13. The smallest absolute Gasteiger partial charge is 0.221 e. The zero-order valence-corrected chi connectivity index (χ0v) is 11.9. The Morgan fingerprint density at radius 1 is 1.29 bits per heavy atom. The van der Waals surface area contributed by atoms with Crippen molar-refractivity contribution < 1.29 is 4.79 Å². The molecular weight excluding hydrogens is 280 g/mol. The zero-order chi connectivity index (χ0) is 12.7.